The van der Waals surface area contributed by atoms with Gasteiger partial charge in [-0.25, -0.2) is 0 Å². The maximum absolute atomic E-state index is 12.8. The molecule has 0 aromatic heterocycles. The van der Waals surface area contributed by atoms with Gasteiger partial charge in [-0.05, 0) is 42.7 Å². The number of carbonyl (C=O) groups is 2. The number of amides is 1. The zero-order valence-electron chi connectivity index (χ0n) is 16.2. The maximum Gasteiger partial charge on any atom is 0.216 e. The van der Waals surface area contributed by atoms with Crippen LogP contribution in [0.5, 0.6) is 11.5 Å². The molecule has 1 amide bonds. The Morgan fingerprint density at radius 3 is 2.26 bits per heavy atom. The Bertz CT molecular complexity index is 838. The van der Waals surface area contributed by atoms with Gasteiger partial charge in [0, 0.05) is 19.0 Å². The number of benzene rings is 2. The van der Waals surface area contributed by atoms with Gasteiger partial charge in [0.1, 0.15) is 0 Å². The molecule has 0 saturated carbocycles. The summed E-state index contributed by atoms with van der Waals surface area (Å²) in [5.41, 5.74) is 3.44. The van der Waals surface area contributed by atoms with Crippen molar-refractivity contribution < 1.29 is 19.1 Å². The lowest BCUT2D eigenvalue weighted by Gasteiger charge is -2.14. The second-order valence-electron chi connectivity index (χ2n) is 6.21. The quantitative estimate of drug-likeness (QED) is 0.572. The minimum Gasteiger partial charge on any atom is -0.493 e. The summed E-state index contributed by atoms with van der Waals surface area (Å²) in [5, 5.41) is 2.75. The van der Waals surface area contributed by atoms with Crippen molar-refractivity contribution in [1.29, 1.82) is 0 Å². The molecule has 142 valence electrons. The fourth-order valence-electron chi connectivity index (χ4n) is 2.67. The normalized spacial score (nSPS) is 10.7. The predicted molar refractivity (Wildman–Crippen MR) is 106 cm³/mol. The number of aryl methyl sites for hydroxylation is 1. The van der Waals surface area contributed by atoms with Crippen molar-refractivity contribution in [3.63, 3.8) is 0 Å². The maximum atomic E-state index is 12.8. The summed E-state index contributed by atoms with van der Waals surface area (Å²) in [6.07, 6.45) is 3.85. The molecule has 0 saturated heterocycles. The average molecular weight is 367 g/mol. The van der Waals surface area contributed by atoms with Gasteiger partial charge in [0.15, 0.2) is 17.3 Å². The van der Waals surface area contributed by atoms with Crippen molar-refractivity contribution >= 4 is 17.8 Å². The molecule has 0 bridgehead atoms. The van der Waals surface area contributed by atoms with Crippen LogP contribution in [0.2, 0.25) is 0 Å². The number of allylic oxidation sites excluding steroid dienone is 1. The van der Waals surface area contributed by atoms with Crippen LogP contribution in [-0.2, 0) is 11.2 Å². The average Bonchev–Trinajstić information content (AvgIpc) is 2.66. The lowest BCUT2D eigenvalue weighted by molar-refractivity contribution is -0.118. The monoisotopic (exact) mass is 367 g/mol. The molecule has 0 fully saturated rings. The fourth-order valence-corrected chi connectivity index (χ4v) is 2.67. The first-order valence-corrected chi connectivity index (χ1v) is 8.73. The Balaban J connectivity index is 2.31. The van der Waals surface area contributed by atoms with Crippen molar-refractivity contribution in [1.82, 2.24) is 5.32 Å². The van der Waals surface area contributed by atoms with Crippen LogP contribution in [-0.4, -0.2) is 32.5 Å². The van der Waals surface area contributed by atoms with E-state index in [4.69, 9.17) is 9.47 Å². The predicted octanol–water partition coefficient (Wildman–Crippen LogP) is 3.59. The second kappa shape index (κ2) is 9.57. The molecule has 0 aliphatic heterocycles. The highest BCUT2D eigenvalue weighted by Gasteiger charge is 2.15. The van der Waals surface area contributed by atoms with Crippen LogP contribution >= 0.6 is 0 Å². The van der Waals surface area contributed by atoms with E-state index in [9.17, 15) is 9.59 Å². The number of carbonyl (C=O) groups excluding carboxylic acids is 2. The molecule has 0 spiro atoms. The molecular weight excluding hydrogens is 342 g/mol. The van der Waals surface area contributed by atoms with Gasteiger partial charge >= 0.3 is 0 Å². The molecule has 0 aliphatic carbocycles. The first-order chi connectivity index (χ1) is 12.9. The minimum atomic E-state index is -0.130. The topological polar surface area (TPSA) is 64.6 Å². The van der Waals surface area contributed by atoms with Gasteiger partial charge in [0.05, 0.1) is 14.2 Å². The molecular formula is C22H25NO4. The number of hydrogen-bond acceptors (Lipinski definition) is 4. The van der Waals surface area contributed by atoms with Gasteiger partial charge in [-0.2, -0.15) is 0 Å². The van der Waals surface area contributed by atoms with Crippen molar-refractivity contribution in [2.24, 2.45) is 0 Å². The van der Waals surface area contributed by atoms with Gasteiger partial charge in [-0.15, -0.1) is 0 Å². The van der Waals surface area contributed by atoms with E-state index in [0.717, 1.165) is 11.1 Å². The Morgan fingerprint density at radius 1 is 1.04 bits per heavy atom. The number of ketones is 1. The summed E-state index contributed by atoms with van der Waals surface area (Å²) in [6, 6.07) is 11.4. The van der Waals surface area contributed by atoms with Crippen molar-refractivity contribution in [2.75, 3.05) is 20.8 Å². The van der Waals surface area contributed by atoms with Crippen LogP contribution in [0.1, 0.15) is 34.0 Å². The van der Waals surface area contributed by atoms with Gasteiger partial charge in [0.25, 0.3) is 0 Å². The zero-order valence-corrected chi connectivity index (χ0v) is 16.2. The lowest BCUT2D eigenvalue weighted by atomic mass is 9.99. The van der Waals surface area contributed by atoms with E-state index >= 15 is 0 Å². The number of ether oxygens (including phenoxy) is 2. The first-order valence-electron chi connectivity index (χ1n) is 8.73. The van der Waals surface area contributed by atoms with Crippen molar-refractivity contribution in [3.8, 4) is 11.5 Å². The molecule has 0 radical (unpaired) electrons. The number of rotatable bonds is 8. The summed E-state index contributed by atoms with van der Waals surface area (Å²) in [5.74, 6) is 0.805. The Morgan fingerprint density at radius 2 is 1.67 bits per heavy atom. The van der Waals surface area contributed by atoms with E-state index in [-0.39, 0.29) is 11.7 Å². The van der Waals surface area contributed by atoms with Gasteiger partial charge < -0.3 is 14.8 Å². The molecule has 2 rings (SSSR count). The highest BCUT2D eigenvalue weighted by Crippen LogP contribution is 2.31. The van der Waals surface area contributed by atoms with Gasteiger partial charge in [0.2, 0.25) is 5.91 Å². The summed E-state index contributed by atoms with van der Waals surface area (Å²) in [6.45, 7) is 3.92. The summed E-state index contributed by atoms with van der Waals surface area (Å²) in [4.78, 5) is 23.9. The molecule has 1 N–H and O–H groups in total. The zero-order chi connectivity index (χ0) is 19.8. The minimum absolute atomic E-state index is 0.109. The van der Waals surface area contributed by atoms with E-state index in [1.807, 2.05) is 31.2 Å². The highest BCUT2D eigenvalue weighted by atomic mass is 16.5. The molecule has 2 aromatic carbocycles. The second-order valence-corrected chi connectivity index (χ2v) is 6.21. The molecule has 5 nitrogen and oxygen atoms in total. The van der Waals surface area contributed by atoms with Crippen LogP contribution in [0.3, 0.4) is 0 Å². The molecule has 2 aromatic rings. The lowest BCUT2D eigenvalue weighted by Crippen LogP contribution is -2.23. The Kier molecular flexibility index (Phi) is 7.17. The molecule has 0 unspecified atom stereocenters. The van der Waals surface area contributed by atoms with Crippen LogP contribution in [0.15, 0.2) is 42.5 Å². The number of methoxy groups -OCH3 is 2. The molecule has 0 atom stereocenters. The van der Waals surface area contributed by atoms with E-state index in [1.54, 1.807) is 31.4 Å². The summed E-state index contributed by atoms with van der Waals surface area (Å²) < 4.78 is 10.7. The van der Waals surface area contributed by atoms with Crippen LogP contribution < -0.4 is 14.8 Å². The third-order valence-corrected chi connectivity index (χ3v) is 4.15. The third kappa shape index (κ3) is 5.71. The standard InChI is InChI=1S/C22H25NO4/c1-15-5-7-17(8-6-15)9-10-20(25)19-14-22(27-4)21(26-3)13-18(19)11-12-23-16(2)24/h5-10,13-14H,11-12H2,1-4H3,(H,23,24)/b10-9+. The van der Waals surface area contributed by atoms with Gasteiger partial charge in [-0.1, -0.05) is 35.9 Å². The van der Waals surface area contributed by atoms with Crippen LogP contribution in [0, 0.1) is 6.92 Å². The molecule has 0 aliphatic rings. The van der Waals surface area contributed by atoms with E-state index in [0.29, 0.717) is 30.0 Å². The van der Waals surface area contributed by atoms with Crippen LogP contribution in [0.25, 0.3) is 6.08 Å². The molecule has 5 heteroatoms. The van der Waals surface area contributed by atoms with Gasteiger partial charge in [-0.3, -0.25) is 9.59 Å². The van der Waals surface area contributed by atoms with Crippen molar-refractivity contribution in [2.45, 2.75) is 20.3 Å². The van der Waals surface area contributed by atoms with E-state index < -0.39 is 0 Å². The number of nitrogens with one attached hydrogen (secondary N) is 1. The third-order valence-electron chi connectivity index (χ3n) is 4.15. The summed E-state index contributed by atoms with van der Waals surface area (Å²) >= 11 is 0. The first kappa shape index (κ1) is 20.2. The fraction of sp³-hybridized carbons (Fsp3) is 0.273. The summed E-state index contributed by atoms with van der Waals surface area (Å²) in [7, 11) is 3.08. The Labute approximate surface area is 160 Å². The van der Waals surface area contributed by atoms with Crippen LogP contribution in [0.4, 0.5) is 0 Å². The molecule has 0 heterocycles. The van der Waals surface area contributed by atoms with E-state index in [1.165, 1.54) is 19.6 Å². The van der Waals surface area contributed by atoms with E-state index in [2.05, 4.69) is 5.32 Å². The Hall–Kier alpha value is -3.08. The highest BCUT2D eigenvalue weighted by molar-refractivity contribution is 6.08. The van der Waals surface area contributed by atoms with Crippen molar-refractivity contribution in [3.05, 3.63) is 64.7 Å². The number of hydrogen-bond donors (Lipinski definition) is 1. The molecule has 27 heavy (non-hydrogen) atoms. The smallest absolute Gasteiger partial charge is 0.216 e. The SMILES string of the molecule is COc1cc(CCNC(C)=O)c(C(=O)/C=C/c2ccc(C)cc2)cc1OC. The largest absolute Gasteiger partial charge is 0.493 e.